The van der Waals surface area contributed by atoms with Crippen molar-refractivity contribution in [1.29, 1.82) is 0 Å². The Morgan fingerprint density at radius 3 is 2.71 bits per heavy atom. The average Bonchev–Trinajstić information content (AvgIpc) is 3.27. The molecule has 0 saturated carbocycles. The second-order valence-electron chi connectivity index (χ2n) is 7.09. The number of carbonyl (C=O) groups excluding carboxylic acids is 3. The number of hydrogen-bond donors (Lipinski definition) is 1. The van der Waals surface area contributed by atoms with Gasteiger partial charge < -0.3 is 14.8 Å². The summed E-state index contributed by atoms with van der Waals surface area (Å²) in [6, 6.07) is 8.12. The molecule has 1 fully saturated rings. The lowest BCUT2D eigenvalue weighted by Crippen LogP contribution is -2.43. The molecule has 1 N–H and O–H groups in total. The number of anilines is 2. The van der Waals surface area contributed by atoms with Gasteiger partial charge in [-0.3, -0.25) is 19.4 Å². The SMILES string of the molecule is O=C(CN1N=N[C@@H]2C(=O)N(c3ccc4c(c3)OCCO4)C(=O)[C@H]21)Nc1cccc(F)c1. The first-order valence-corrected chi connectivity index (χ1v) is 9.51. The summed E-state index contributed by atoms with van der Waals surface area (Å²) in [5.41, 5.74) is 0.595. The minimum Gasteiger partial charge on any atom is -0.486 e. The fraction of sp³-hybridized carbons (Fsp3) is 0.250. The van der Waals surface area contributed by atoms with Crippen LogP contribution in [0.15, 0.2) is 52.8 Å². The summed E-state index contributed by atoms with van der Waals surface area (Å²) >= 11 is 0. The van der Waals surface area contributed by atoms with Gasteiger partial charge in [0, 0.05) is 11.8 Å². The molecule has 0 spiro atoms. The van der Waals surface area contributed by atoms with E-state index in [1.54, 1.807) is 18.2 Å². The van der Waals surface area contributed by atoms with Crippen LogP contribution in [0, 0.1) is 5.82 Å². The molecule has 0 unspecified atom stereocenters. The predicted octanol–water partition coefficient (Wildman–Crippen LogP) is 1.53. The highest BCUT2D eigenvalue weighted by atomic mass is 19.1. The number of ether oxygens (including phenoxy) is 2. The van der Waals surface area contributed by atoms with E-state index >= 15 is 0 Å². The summed E-state index contributed by atoms with van der Waals surface area (Å²) in [6.07, 6.45) is 0. The number of carbonyl (C=O) groups is 3. The van der Waals surface area contributed by atoms with Gasteiger partial charge in [0.05, 0.1) is 5.69 Å². The number of nitrogens with one attached hydrogen (secondary N) is 1. The maximum absolute atomic E-state index is 13.3. The number of benzene rings is 2. The average molecular weight is 425 g/mol. The summed E-state index contributed by atoms with van der Waals surface area (Å²) in [7, 11) is 0. The van der Waals surface area contributed by atoms with Crippen LogP contribution in [0.3, 0.4) is 0 Å². The molecule has 2 aromatic carbocycles. The van der Waals surface area contributed by atoms with Crippen molar-refractivity contribution in [1.82, 2.24) is 5.01 Å². The fourth-order valence-electron chi connectivity index (χ4n) is 3.69. The predicted molar refractivity (Wildman–Crippen MR) is 104 cm³/mol. The smallest absolute Gasteiger partial charge is 0.263 e. The van der Waals surface area contributed by atoms with Crippen molar-refractivity contribution >= 4 is 29.1 Å². The van der Waals surface area contributed by atoms with Crippen LogP contribution >= 0.6 is 0 Å². The molecule has 0 aromatic heterocycles. The van der Waals surface area contributed by atoms with E-state index in [0.29, 0.717) is 30.4 Å². The number of amides is 3. The second-order valence-corrected chi connectivity index (χ2v) is 7.09. The Kier molecular flexibility index (Phi) is 4.50. The van der Waals surface area contributed by atoms with E-state index in [4.69, 9.17) is 9.47 Å². The lowest BCUT2D eigenvalue weighted by molar-refractivity contribution is -0.123. The highest BCUT2D eigenvalue weighted by molar-refractivity contribution is 6.25. The molecule has 0 bridgehead atoms. The third-order valence-electron chi connectivity index (χ3n) is 5.06. The van der Waals surface area contributed by atoms with Crippen LogP contribution in [0.25, 0.3) is 0 Å². The normalized spacial score (nSPS) is 21.5. The minimum atomic E-state index is -1.04. The van der Waals surface area contributed by atoms with Crippen LogP contribution in [0.1, 0.15) is 0 Å². The van der Waals surface area contributed by atoms with Gasteiger partial charge in [0.25, 0.3) is 11.8 Å². The van der Waals surface area contributed by atoms with E-state index in [-0.39, 0.29) is 12.2 Å². The molecular formula is C20H16FN5O5. The van der Waals surface area contributed by atoms with Gasteiger partial charge in [-0.25, -0.2) is 9.29 Å². The Hall–Kier alpha value is -4.02. The van der Waals surface area contributed by atoms with Gasteiger partial charge in [0.15, 0.2) is 23.6 Å². The summed E-state index contributed by atoms with van der Waals surface area (Å²) in [5, 5.41) is 11.4. The van der Waals surface area contributed by atoms with Crippen molar-refractivity contribution < 1.29 is 28.2 Å². The zero-order valence-corrected chi connectivity index (χ0v) is 16.0. The Morgan fingerprint density at radius 2 is 1.90 bits per heavy atom. The molecule has 10 nitrogen and oxygen atoms in total. The quantitative estimate of drug-likeness (QED) is 0.744. The van der Waals surface area contributed by atoms with Crippen molar-refractivity contribution in [2.45, 2.75) is 12.1 Å². The highest BCUT2D eigenvalue weighted by Gasteiger charge is 2.55. The Morgan fingerprint density at radius 1 is 1.10 bits per heavy atom. The summed E-state index contributed by atoms with van der Waals surface area (Å²) in [6.45, 7) is 0.465. The van der Waals surface area contributed by atoms with E-state index in [1.165, 1.54) is 24.3 Å². The van der Waals surface area contributed by atoms with Crippen LogP contribution in [-0.4, -0.2) is 54.6 Å². The third-order valence-corrected chi connectivity index (χ3v) is 5.06. The van der Waals surface area contributed by atoms with Crippen LogP contribution in [-0.2, 0) is 14.4 Å². The number of nitrogens with zero attached hydrogens (tertiary/aromatic N) is 4. The van der Waals surface area contributed by atoms with Crippen LogP contribution in [0.4, 0.5) is 15.8 Å². The van der Waals surface area contributed by atoms with Crippen molar-refractivity contribution in [3.63, 3.8) is 0 Å². The van der Waals surface area contributed by atoms with Gasteiger partial charge in [0.1, 0.15) is 25.6 Å². The molecular weight excluding hydrogens is 409 g/mol. The van der Waals surface area contributed by atoms with Gasteiger partial charge in [-0.15, -0.1) is 0 Å². The molecule has 0 aliphatic carbocycles. The molecule has 3 amide bonds. The molecule has 158 valence electrons. The lowest BCUT2D eigenvalue weighted by Gasteiger charge is -2.22. The largest absolute Gasteiger partial charge is 0.486 e. The monoisotopic (exact) mass is 425 g/mol. The number of imide groups is 1. The summed E-state index contributed by atoms with van der Waals surface area (Å²) in [4.78, 5) is 39.3. The molecule has 3 aliphatic heterocycles. The number of fused-ring (bicyclic) bond motifs is 2. The molecule has 11 heteroatoms. The van der Waals surface area contributed by atoms with Gasteiger partial charge in [-0.1, -0.05) is 11.3 Å². The number of rotatable bonds is 4. The van der Waals surface area contributed by atoms with E-state index in [9.17, 15) is 18.8 Å². The van der Waals surface area contributed by atoms with Gasteiger partial charge in [0.2, 0.25) is 5.91 Å². The highest BCUT2D eigenvalue weighted by Crippen LogP contribution is 2.37. The van der Waals surface area contributed by atoms with Crippen LogP contribution in [0.5, 0.6) is 11.5 Å². The molecule has 3 aliphatic rings. The zero-order chi connectivity index (χ0) is 21.5. The standard InChI is InChI=1S/C20H16FN5O5/c21-11-2-1-3-12(8-11)22-16(27)10-25-18-17(23-24-25)19(28)26(20(18)29)13-4-5-14-15(9-13)31-7-6-30-14/h1-5,8-9,17-18H,6-7,10H2,(H,22,27)/t17-,18-/m0/s1. The van der Waals surface area contributed by atoms with E-state index < -0.39 is 35.6 Å². The molecule has 31 heavy (non-hydrogen) atoms. The molecule has 3 heterocycles. The minimum absolute atomic E-state index is 0.268. The first-order valence-electron chi connectivity index (χ1n) is 9.51. The first-order chi connectivity index (χ1) is 15.0. The molecule has 2 aromatic rings. The van der Waals surface area contributed by atoms with E-state index in [2.05, 4.69) is 15.7 Å². The van der Waals surface area contributed by atoms with Gasteiger partial charge >= 0.3 is 0 Å². The molecule has 2 atom stereocenters. The maximum Gasteiger partial charge on any atom is 0.263 e. The Labute approximate surface area is 175 Å². The number of hydrogen-bond acceptors (Lipinski definition) is 8. The van der Waals surface area contributed by atoms with Crippen LogP contribution < -0.4 is 19.7 Å². The van der Waals surface area contributed by atoms with Crippen molar-refractivity contribution in [3.05, 3.63) is 48.3 Å². The van der Waals surface area contributed by atoms with Crippen molar-refractivity contribution in [2.75, 3.05) is 30.0 Å². The Bertz CT molecular complexity index is 1120. The molecule has 5 rings (SSSR count). The topological polar surface area (TPSA) is 113 Å². The summed E-state index contributed by atoms with van der Waals surface area (Å²) < 4.78 is 24.3. The first kappa shape index (κ1) is 19.0. The Balaban J connectivity index is 1.32. The summed E-state index contributed by atoms with van der Waals surface area (Å²) in [5.74, 6) is -1.13. The van der Waals surface area contributed by atoms with Gasteiger partial charge in [-0.05, 0) is 30.3 Å². The van der Waals surface area contributed by atoms with Crippen LogP contribution in [0.2, 0.25) is 0 Å². The number of halogens is 1. The second kappa shape index (κ2) is 7.35. The third kappa shape index (κ3) is 3.33. The lowest BCUT2D eigenvalue weighted by atomic mass is 10.1. The fourth-order valence-corrected chi connectivity index (χ4v) is 3.69. The van der Waals surface area contributed by atoms with Crippen molar-refractivity contribution in [2.24, 2.45) is 10.3 Å². The zero-order valence-electron chi connectivity index (χ0n) is 16.0. The van der Waals surface area contributed by atoms with E-state index in [1.807, 2.05) is 0 Å². The van der Waals surface area contributed by atoms with Crippen molar-refractivity contribution in [3.8, 4) is 11.5 Å². The maximum atomic E-state index is 13.3. The van der Waals surface area contributed by atoms with Gasteiger partial charge in [-0.2, -0.15) is 5.11 Å². The molecule has 0 radical (unpaired) electrons. The molecule has 1 saturated heterocycles. The van der Waals surface area contributed by atoms with E-state index in [0.717, 1.165) is 9.91 Å².